The molecule has 1 aliphatic rings. The molecule has 0 spiro atoms. The smallest absolute Gasteiger partial charge is 0.224 e. The van der Waals surface area contributed by atoms with Crippen molar-refractivity contribution in [1.29, 1.82) is 0 Å². The normalized spacial score (nSPS) is 23.9. The number of hydrogen-bond donors (Lipinski definition) is 1. The summed E-state index contributed by atoms with van der Waals surface area (Å²) in [5, 5.41) is 3.04. The van der Waals surface area contributed by atoms with Crippen LogP contribution in [0.5, 0.6) is 0 Å². The van der Waals surface area contributed by atoms with Crippen molar-refractivity contribution in [3.05, 3.63) is 0 Å². The Balaban J connectivity index is 2.72. The second-order valence-electron chi connectivity index (χ2n) is 9.15. The van der Waals surface area contributed by atoms with Crippen LogP contribution in [0.4, 0.5) is 0 Å². The van der Waals surface area contributed by atoms with E-state index in [2.05, 4.69) is 19.2 Å². The third-order valence-electron chi connectivity index (χ3n) is 4.19. The minimum absolute atomic E-state index is 0.0678. The van der Waals surface area contributed by atoms with Gasteiger partial charge < -0.3 is 5.32 Å². The molecule has 1 aliphatic carbocycles. The summed E-state index contributed by atoms with van der Waals surface area (Å²) < 4.78 is 0. The van der Waals surface area contributed by atoms with E-state index in [1.807, 2.05) is 41.5 Å². The van der Waals surface area contributed by atoms with Gasteiger partial charge in [0.25, 0.3) is 0 Å². The van der Waals surface area contributed by atoms with E-state index in [1.54, 1.807) is 0 Å². The van der Waals surface area contributed by atoms with E-state index in [1.165, 1.54) is 0 Å². The molecule has 1 N–H and O–H groups in total. The number of amides is 1. The van der Waals surface area contributed by atoms with Gasteiger partial charge in [-0.15, -0.1) is 0 Å². The number of Topliss-reactive ketones (excluding diaryl/α,β-unsaturated/α-hetero) is 1. The van der Waals surface area contributed by atoms with Crippen LogP contribution in [-0.2, 0) is 9.59 Å². The number of carbonyl (C=O) groups excluding carboxylic acids is 2. The summed E-state index contributed by atoms with van der Waals surface area (Å²) in [7, 11) is 0. The van der Waals surface area contributed by atoms with Crippen LogP contribution in [0.1, 0.15) is 68.2 Å². The summed E-state index contributed by atoms with van der Waals surface area (Å²) in [6.07, 6.45) is 2.08. The molecule has 0 heterocycles. The van der Waals surface area contributed by atoms with Crippen molar-refractivity contribution in [1.82, 2.24) is 5.32 Å². The molecule has 0 aromatic carbocycles. The molecule has 0 aromatic rings. The zero-order valence-electron chi connectivity index (χ0n) is 15.0. The number of nitrogens with one attached hydrogen (secondary N) is 1. The van der Waals surface area contributed by atoms with E-state index < -0.39 is 11.5 Å². The zero-order valence-corrected chi connectivity index (χ0v) is 15.0. The molecule has 0 saturated heterocycles. The van der Waals surface area contributed by atoms with Crippen LogP contribution >= 0.6 is 0 Å². The Labute approximate surface area is 130 Å². The second-order valence-corrected chi connectivity index (χ2v) is 9.15. The SMILES string of the molecule is CC(C)CC1C[C@H]1C(=O)N[C@H](C(=O)C(C)(C)C)C(C)(C)C. The molecule has 21 heavy (non-hydrogen) atoms. The lowest BCUT2D eigenvalue weighted by molar-refractivity contribution is -0.135. The third-order valence-corrected chi connectivity index (χ3v) is 4.19. The molecule has 3 heteroatoms. The zero-order chi connectivity index (χ0) is 16.6. The fourth-order valence-corrected chi connectivity index (χ4v) is 2.79. The van der Waals surface area contributed by atoms with Crippen molar-refractivity contribution in [3.8, 4) is 0 Å². The van der Waals surface area contributed by atoms with E-state index in [-0.39, 0.29) is 23.0 Å². The molecule has 1 saturated carbocycles. The maximum absolute atomic E-state index is 12.6. The summed E-state index contributed by atoms with van der Waals surface area (Å²) in [4.78, 5) is 25.1. The topological polar surface area (TPSA) is 46.2 Å². The van der Waals surface area contributed by atoms with Crippen LogP contribution in [0.3, 0.4) is 0 Å². The van der Waals surface area contributed by atoms with Crippen molar-refractivity contribution in [2.75, 3.05) is 0 Å². The molecule has 122 valence electrons. The standard InChI is InChI=1S/C18H33NO2/c1-11(2)9-12-10-13(12)16(21)19-14(17(3,4)5)15(20)18(6,7)8/h11-14H,9-10H2,1-8H3,(H,19,21)/t12?,13-,14-/m1/s1. The molecule has 1 rings (SSSR count). The Morgan fingerprint density at radius 2 is 1.62 bits per heavy atom. The predicted molar refractivity (Wildman–Crippen MR) is 86.9 cm³/mol. The first kappa shape index (κ1) is 18.2. The summed E-state index contributed by atoms with van der Waals surface area (Å²) >= 11 is 0. The summed E-state index contributed by atoms with van der Waals surface area (Å²) in [6.45, 7) is 16.2. The van der Waals surface area contributed by atoms with Gasteiger partial charge in [-0.2, -0.15) is 0 Å². The van der Waals surface area contributed by atoms with Gasteiger partial charge in [0.15, 0.2) is 5.78 Å². The first-order valence-corrected chi connectivity index (χ1v) is 8.18. The summed E-state index contributed by atoms with van der Waals surface area (Å²) in [5.41, 5.74) is -0.700. The van der Waals surface area contributed by atoms with Gasteiger partial charge in [-0.1, -0.05) is 55.4 Å². The molecular weight excluding hydrogens is 262 g/mol. The van der Waals surface area contributed by atoms with Crippen molar-refractivity contribution >= 4 is 11.7 Å². The van der Waals surface area contributed by atoms with E-state index in [4.69, 9.17) is 0 Å². The highest BCUT2D eigenvalue weighted by molar-refractivity contribution is 5.94. The van der Waals surface area contributed by atoms with Gasteiger partial charge in [0, 0.05) is 11.3 Å². The lowest BCUT2D eigenvalue weighted by Crippen LogP contribution is -2.53. The predicted octanol–water partition coefficient (Wildman–Crippen LogP) is 3.81. The summed E-state index contributed by atoms with van der Waals surface area (Å²) in [6, 6.07) is -0.412. The van der Waals surface area contributed by atoms with Gasteiger partial charge in [-0.25, -0.2) is 0 Å². The summed E-state index contributed by atoms with van der Waals surface area (Å²) in [5.74, 6) is 1.44. The fourth-order valence-electron chi connectivity index (χ4n) is 2.79. The molecule has 3 atom stereocenters. The van der Waals surface area contributed by atoms with Gasteiger partial charge in [-0.3, -0.25) is 9.59 Å². The molecule has 0 bridgehead atoms. The first-order chi connectivity index (χ1) is 9.34. The highest BCUT2D eigenvalue weighted by atomic mass is 16.2. The lowest BCUT2D eigenvalue weighted by atomic mass is 9.75. The third kappa shape index (κ3) is 5.12. The Morgan fingerprint density at radius 1 is 1.10 bits per heavy atom. The Bertz CT molecular complexity index is 398. The number of ketones is 1. The number of rotatable bonds is 5. The van der Waals surface area contributed by atoms with Crippen molar-refractivity contribution in [2.24, 2.45) is 28.6 Å². The average Bonchev–Trinajstić information content (AvgIpc) is 3.00. The Kier molecular flexibility index (Phi) is 5.28. The first-order valence-electron chi connectivity index (χ1n) is 8.18. The molecule has 1 unspecified atom stereocenters. The lowest BCUT2D eigenvalue weighted by Gasteiger charge is -2.34. The maximum Gasteiger partial charge on any atom is 0.224 e. The molecular formula is C18H33NO2. The van der Waals surface area contributed by atoms with E-state index in [9.17, 15) is 9.59 Å². The van der Waals surface area contributed by atoms with Crippen molar-refractivity contribution in [3.63, 3.8) is 0 Å². The van der Waals surface area contributed by atoms with E-state index in [0.717, 1.165) is 12.8 Å². The second kappa shape index (κ2) is 6.10. The number of carbonyl (C=O) groups is 2. The molecule has 0 aromatic heterocycles. The highest BCUT2D eigenvalue weighted by Crippen LogP contribution is 2.43. The molecule has 1 fully saturated rings. The minimum atomic E-state index is -0.438. The van der Waals surface area contributed by atoms with Crippen LogP contribution in [0, 0.1) is 28.6 Å². The van der Waals surface area contributed by atoms with Crippen LogP contribution in [0.2, 0.25) is 0 Å². The minimum Gasteiger partial charge on any atom is -0.345 e. The molecule has 3 nitrogen and oxygen atoms in total. The van der Waals surface area contributed by atoms with E-state index >= 15 is 0 Å². The quantitative estimate of drug-likeness (QED) is 0.838. The maximum atomic E-state index is 12.6. The van der Waals surface area contributed by atoms with E-state index in [0.29, 0.717) is 11.8 Å². The van der Waals surface area contributed by atoms with Gasteiger partial charge in [-0.05, 0) is 30.1 Å². The highest BCUT2D eigenvalue weighted by Gasteiger charge is 2.46. The van der Waals surface area contributed by atoms with Gasteiger partial charge in [0.1, 0.15) is 0 Å². The van der Waals surface area contributed by atoms with Crippen LogP contribution in [0.25, 0.3) is 0 Å². The largest absolute Gasteiger partial charge is 0.345 e. The molecule has 0 radical (unpaired) electrons. The molecule has 0 aliphatic heterocycles. The molecule has 1 amide bonds. The fraction of sp³-hybridized carbons (Fsp3) is 0.889. The van der Waals surface area contributed by atoms with Gasteiger partial charge in [0.2, 0.25) is 5.91 Å². The van der Waals surface area contributed by atoms with Crippen molar-refractivity contribution in [2.45, 2.75) is 74.3 Å². The van der Waals surface area contributed by atoms with Crippen LogP contribution in [-0.4, -0.2) is 17.7 Å². The number of hydrogen-bond acceptors (Lipinski definition) is 2. The van der Waals surface area contributed by atoms with Gasteiger partial charge >= 0.3 is 0 Å². The van der Waals surface area contributed by atoms with Gasteiger partial charge in [0.05, 0.1) is 6.04 Å². The van der Waals surface area contributed by atoms with Crippen molar-refractivity contribution < 1.29 is 9.59 Å². The average molecular weight is 295 g/mol. The monoisotopic (exact) mass is 295 g/mol. The Hall–Kier alpha value is -0.860. The van der Waals surface area contributed by atoms with Crippen LogP contribution < -0.4 is 5.32 Å². The van der Waals surface area contributed by atoms with Crippen LogP contribution in [0.15, 0.2) is 0 Å². The Morgan fingerprint density at radius 3 is 2.00 bits per heavy atom.